The van der Waals surface area contributed by atoms with Crippen LogP contribution in [0.1, 0.15) is 34.7 Å². The second-order valence-electron chi connectivity index (χ2n) is 7.28. The van der Waals surface area contributed by atoms with Crippen LogP contribution in [0, 0.1) is 0 Å². The molecular weight excluding hydrogens is 404 g/mol. The monoisotopic (exact) mass is 426 g/mol. The molecule has 0 aliphatic heterocycles. The number of Topliss-reactive ketones (excluding diaryl/α,β-unsaturated/α-hetero) is 2. The average molecular weight is 426 g/mol. The highest BCUT2D eigenvalue weighted by Gasteiger charge is 2.25. The van der Waals surface area contributed by atoms with Crippen molar-refractivity contribution in [2.75, 3.05) is 11.9 Å². The number of pyridine rings is 1. The van der Waals surface area contributed by atoms with E-state index in [-0.39, 0.29) is 11.5 Å². The number of amides is 1. The lowest BCUT2D eigenvalue weighted by Gasteiger charge is -2.09. The Morgan fingerprint density at radius 3 is 2.44 bits per heavy atom. The minimum Gasteiger partial charge on any atom is -0.494 e. The molecule has 0 fully saturated rings. The van der Waals surface area contributed by atoms with Crippen molar-refractivity contribution in [2.24, 2.45) is 0 Å². The summed E-state index contributed by atoms with van der Waals surface area (Å²) < 4.78 is 7.21. The van der Waals surface area contributed by atoms with Gasteiger partial charge in [-0.25, -0.2) is 0 Å². The van der Waals surface area contributed by atoms with Crippen LogP contribution in [0.2, 0.25) is 0 Å². The Morgan fingerprint density at radius 1 is 0.938 bits per heavy atom. The first-order valence-electron chi connectivity index (χ1n) is 10.3. The summed E-state index contributed by atoms with van der Waals surface area (Å²) in [4.78, 5) is 37.8. The number of benzene rings is 2. The lowest BCUT2D eigenvalue weighted by Crippen LogP contribution is -2.24. The quantitative estimate of drug-likeness (QED) is 0.332. The molecule has 0 aliphatic rings. The number of hydrogen-bond donors (Lipinski definition) is 1. The van der Waals surface area contributed by atoms with E-state index in [1.165, 1.54) is 6.92 Å². The van der Waals surface area contributed by atoms with Crippen LogP contribution in [-0.2, 0) is 4.79 Å². The zero-order valence-corrected chi connectivity index (χ0v) is 17.8. The van der Waals surface area contributed by atoms with Crippen molar-refractivity contribution < 1.29 is 19.1 Å². The number of ether oxygens (including phenoxy) is 1. The largest absolute Gasteiger partial charge is 0.494 e. The first kappa shape index (κ1) is 21.1. The van der Waals surface area contributed by atoms with Crippen molar-refractivity contribution in [1.29, 1.82) is 0 Å². The summed E-state index contributed by atoms with van der Waals surface area (Å²) in [5.74, 6) is -0.839. The number of rotatable bonds is 7. The fourth-order valence-electron chi connectivity index (χ4n) is 3.58. The van der Waals surface area contributed by atoms with Gasteiger partial charge in [-0.1, -0.05) is 30.3 Å². The molecule has 0 unspecified atom stereocenters. The Morgan fingerprint density at radius 2 is 1.72 bits per heavy atom. The third-order valence-corrected chi connectivity index (χ3v) is 5.10. The summed E-state index contributed by atoms with van der Waals surface area (Å²) in [6.45, 7) is 3.92. The summed E-state index contributed by atoms with van der Waals surface area (Å²) in [7, 11) is 0. The van der Waals surface area contributed by atoms with Gasteiger partial charge in [0.05, 0.1) is 6.61 Å². The molecule has 0 radical (unpaired) electrons. The Bertz CT molecular complexity index is 1320. The van der Waals surface area contributed by atoms with Gasteiger partial charge in [0.2, 0.25) is 0 Å². The minimum absolute atomic E-state index is 0.122. The maximum atomic E-state index is 13.3. The van der Waals surface area contributed by atoms with Crippen LogP contribution in [0.3, 0.4) is 0 Å². The van der Waals surface area contributed by atoms with E-state index in [9.17, 15) is 14.4 Å². The maximum absolute atomic E-state index is 13.3. The summed E-state index contributed by atoms with van der Waals surface area (Å²) in [6, 6.07) is 21.4. The molecule has 0 spiro atoms. The van der Waals surface area contributed by atoms with E-state index in [4.69, 9.17) is 4.74 Å². The minimum atomic E-state index is -0.776. The second kappa shape index (κ2) is 8.89. The molecule has 1 N–H and O–H groups in total. The number of carbonyl (C=O) groups excluding carboxylic acids is 3. The van der Waals surface area contributed by atoms with E-state index in [0.29, 0.717) is 23.4 Å². The van der Waals surface area contributed by atoms with Crippen molar-refractivity contribution in [3.8, 4) is 16.9 Å². The number of carbonyl (C=O) groups is 3. The molecule has 4 aromatic rings. The van der Waals surface area contributed by atoms with E-state index in [1.54, 1.807) is 40.9 Å². The highest BCUT2D eigenvalue weighted by atomic mass is 16.5. The summed E-state index contributed by atoms with van der Waals surface area (Å²) in [5, 5.41) is 2.62. The van der Waals surface area contributed by atoms with Crippen LogP contribution in [-0.4, -0.2) is 28.5 Å². The number of anilines is 1. The van der Waals surface area contributed by atoms with Gasteiger partial charge >= 0.3 is 0 Å². The predicted molar refractivity (Wildman–Crippen MR) is 123 cm³/mol. The molecule has 0 saturated heterocycles. The fraction of sp³-hybridized carbons (Fsp3) is 0.115. The first-order chi connectivity index (χ1) is 15.5. The third kappa shape index (κ3) is 4.16. The van der Waals surface area contributed by atoms with E-state index in [0.717, 1.165) is 16.8 Å². The molecule has 0 bridgehead atoms. The van der Waals surface area contributed by atoms with Gasteiger partial charge in [0.1, 0.15) is 11.4 Å². The van der Waals surface area contributed by atoms with Crippen molar-refractivity contribution in [2.45, 2.75) is 13.8 Å². The molecule has 6 nitrogen and oxygen atoms in total. The zero-order valence-electron chi connectivity index (χ0n) is 17.8. The Balaban J connectivity index is 1.72. The highest BCUT2D eigenvalue weighted by molar-refractivity contribution is 6.47. The van der Waals surface area contributed by atoms with E-state index >= 15 is 0 Å². The molecular formula is C26H22N2O4. The van der Waals surface area contributed by atoms with Gasteiger partial charge in [-0.3, -0.25) is 14.4 Å². The zero-order chi connectivity index (χ0) is 22.7. The lowest BCUT2D eigenvalue weighted by atomic mass is 10.0. The SMILES string of the molecule is CCOc1ccc(-c2cc3ccccn3c2C(=O)C(=O)Nc2cccc(C(C)=O)c2)cc1. The van der Waals surface area contributed by atoms with Crippen LogP contribution >= 0.6 is 0 Å². The average Bonchev–Trinajstić information content (AvgIpc) is 3.19. The maximum Gasteiger partial charge on any atom is 0.298 e. The number of hydrogen-bond acceptors (Lipinski definition) is 4. The smallest absolute Gasteiger partial charge is 0.298 e. The molecule has 32 heavy (non-hydrogen) atoms. The summed E-state index contributed by atoms with van der Waals surface area (Å²) >= 11 is 0. The first-order valence-corrected chi connectivity index (χ1v) is 10.3. The summed E-state index contributed by atoms with van der Waals surface area (Å²) in [5.41, 5.74) is 3.36. The molecule has 0 saturated carbocycles. The van der Waals surface area contributed by atoms with E-state index in [2.05, 4.69) is 5.32 Å². The van der Waals surface area contributed by atoms with Crippen LogP contribution < -0.4 is 10.1 Å². The Kier molecular flexibility index (Phi) is 5.85. The third-order valence-electron chi connectivity index (χ3n) is 5.10. The standard InChI is InChI=1S/C26H22N2O4/c1-3-32-22-12-10-18(11-13-22)23-16-21-9-4-5-14-28(21)24(23)25(30)26(31)27-20-8-6-7-19(15-20)17(2)29/h4-16H,3H2,1-2H3,(H,27,31). The molecule has 160 valence electrons. The van der Waals surface area contributed by atoms with Gasteiger partial charge in [-0.05, 0) is 61.9 Å². The lowest BCUT2D eigenvalue weighted by molar-refractivity contribution is -0.112. The predicted octanol–water partition coefficient (Wildman–Crippen LogP) is 5.03. The topological polar surface area (TPSA) is 76.9 Å². The normalized spacial score (nSPS) is 10.7. The fourth-order valence-corrected chi connectivity index (χ4v) is 3.58. The van der Waals surface area contributed by atoms with E-state index in [1.807, 2.05) is 49.4 Å². The molecule has 4 rings (SSSR count). The van der Waals surface area contributed by atoms with Crippen LogP contribution in [0.15, 0.2) is 79.0 Å². The second-order valence-corrected chi connectivity index (χ2v) is 7.28. The van der Waals surface area contributed by atoms with Gasteiger partial charge < -0.3 is 14.5 Å². The van der Waals surface area contributed by atoms with E-state index < -0.39 is 11.7 Å². The highest BCUT2D eigenvalue weighted by Crippen LogP contribution is 2.30. The molecule has 6 heteroatoms. The molecule has 0 aliphatic carbocycles. The van der Waals surface area contributed by atoms with Gasteiger partial charge in [0.25, 0.3) is 11.7 Å². The van der Waals surface area contributed by atoms with Gasteiger partial charge in [-0.2, -0.15) is 0 Å². The van der Waals surface area contributed by atoms with Gasteiger partial charge in [0, 0.05) is 28.5 Å². The van der Waals surface area contributed by atoms with Crippen molar-refractivity contribution in [3.05, 3.63) is 90.3 Å². The molecule has 2 heterocycles. The van der Waals surface area contributed by atoms with Crippen molar-refractivity contribution >= 4 is 28.7 Å². The van der Waals surface area contributed by atoms with Crippen molar-refractivity contribution in [3.63, 3.8) is 0 Å². The number of ketones is 2. The Hall–Kier alpha value is -4.19. The number of nitrogens with one attached hydrogen (secondary N) is 1. The molecule has 0 atom stereocenters. The van der Waals surface area contributed by atoms with Crippen LogP contribution in [0.25, 0.3) is 16.6 Å². The summed E-state index contributed by atoms with van der Waals surface area (Å²) in [6.07, 6.45) is 1.75. The molecule has 2 aromatic carbocycles. The number of aromatic nitrogens is 1. The van der Waals surface area contributed by atoms with Gasteiger partial charge in [0.15, 0.2) is 5.78 Å². The van der Waals surface area contributed by atoms with Crippen molar-refractivity contribution in [1.82, 2.24) is 4.40 Å². The molecule has 2 aromatic heterocycles. The van der Waals surface area contributed by atoms with Crippen LogP contribution in [0.5, 0.6) is 5.75 Å². The van der Waals surface area contributed by atoms with Crippen LogP contribution in [0.4, 0.5) is 5.69 Å². The molecule has 1 amide bonds. The van der Waals surface area contributed by atoms with Gasteiger partial charge in [-0.15, -0.1) is 0 Å². The Labute approximate surface area is 185 Å². The number of nitrogens with zero attached hydrogens (tertiary/aromatic N) is 1. The number of fused-ring (bicyclic) bond motifs is 1.